The second-order valence-corrected chi connectivity index (χ2v) is 8.11. The average Bonchev–Trinajstić information content (AvgIpc) is 2.98. The quantitative estimate of drug-likeness (QED) is 0.530. The van der Waals surface area contributed by atoms with Gasteiger partial charge in [-0.1, -0.05) is 47.5 Å². The number of nitrogens with zero attached hydrogens (tertiary/aromatic N) is 1. The number of hydrogen-bond donors (Lipinski definition) is 1. The number of amides is 1. The third-order valence-corrected chi connectivity index (χ3v) is 6.15. The van der Waals surface area contributed by atoms with E-state index >= 15 is 0 Å². The van der Waals surface area contributed by atoms with E-state index in [9.17, 15) is 14.7 Å². The Hall–Kier alpha value is -2.86. The summed E-state index contributed by atoms with van der Waals surface area (Å²) >= 11 is 12.6. The van der Waals surface area contributed by atoms with E-state index in [1.165, 1.54) is 12.0 Å². The van der Waals surface area contributed by atoms with E-state index < -0.39 is 11.5 Å². The molecule has 1 N–H and O–H groups in total. The molecule has 3 aromatic rings. The van der Waals surface area contributed by atoms with Crippen LogP contribution in [0.3, 0.4) is 0 Å². The van der Waals surface area contributed by atoms with E-state index in [4.69, 9.17) is 27.9 Å². The number of rotatable bonds is 6. The zero-order valence-electron chi connectivity index (χ0n) is 16.6. The summed E-state index contributed by atoms with van der Waals surface area (Å²) in [6.45, 7) is 0.0768. The fourth-order valence-electron chi connectivity index (χ4n) is 3.79. The predicted molar refractivity (Wildman–Crippen MR) is 120 cm³/mol. The van der Waals surface area contributed by atoms with Crippen LogP contribution in [-0.4, -0.2) is 23.9 Å². The highest BCUT2D eigenvalue weighted by Gasteiger charge is 2.50. The molecule has 3 aromatic carbocycles. The minimum atomic E-state index is -1.98. The Balaban J connectivity index is 1.68. The summed E-state index contributed by atoms with van der Waals surface area (Å²) in [4.78, 5) is 27.7. The molecule has 158 valence electrons. The van der Waals surface area contributed by atoms with Crippen molar-refractivity contribution in [3.05, 3.63) is 93.5 Å². The molecule has 5 nitrogen and oxygen atoms in total. The maximum absolute atomic E-state index is 13.4. The topological polar surface area (TPSA) is 66.8 Å². The lowest BCUT2D eigenvalue weighted by molar-refractivity contribution is -0.136. The van der Waals surface area contributed by atoms with Gasteiger partial charge in [-0.05, 0) is 42.5 Å². The third-order valence-electron chi connectivity index (χ3n) is 5.45. The number of carbonyl (C=O) groups is 2. The zero-order chi connectivity index (χ0) is 22.2. The summed E-state index contributed by atoms with van der Waals surface area (Å²) in [7, 11) is 1.54. The SMILES string of the molecule is COc1ccc(C(=O)CC2(O)C(=O)N(Cc3c(Cl)cccc3Cl)c3ccccc32)cc1. The number of Topliss-reactive ketones (excluding diaryl/α,β-unsaturated/α-hetero) is 1. The van der Waals surface area contributed by atoms with Crippen molar-refractivity contribution < 1.29 is 19.4 Å². The summed E-state index contributed by atoms with van der Waals surface area (Å²) in [6.07, 6.45) is -0.387. The van der Waals surface area contributed by atoms with Crippen LogP contribution in [0.1, 0.15) is 27.9 Å². The molecule has 1 unspecified atom stereocenters. The molecule has 0 radical (unpaired) electrons. The number of ketones is 1. The number of benzene rings is 3. The minimum absolute atomic E-state index is 0.0768. The van der Waals surface area contributed by atoms with Crippen molar-refractivity contribution in [1.29, 1.82) is 0 Å². The second-order valence-electron chi connectivity index (χ2n) is 7.30. The van der Waals surface area contributed by atoms with Crippen molar-refractivity contribution in [2.24, 2.45) is 0 Å². The fraction of sp³-hybridized carbons (Fsp3) is 0.167. The Kier molecular flexibility index (Phi) is 5.75. The van der Waals surface area contributed by atoms with Crippen molar-refractivity contribution >= 4 is 40.6 Å². The average molecular weight is 456 g/mol. The molecule has 0 saturated heterocycles. The van der Waals surface area contributed by atoms with Gasteiger partial charge in [-0.2, -0.15) is 0 Å². The maximum atomic E-state index is 13.4. The Bertz CT molecular complexity index is 1140. The molecule has 0 bridgehead atoms. The largest absolute Gasteiger partial charge is 0.497 e. The van der Waals surface area contributed by atoms with Crippen LogP contribution in [0.25, 0.3) is 0 Å². The monoisotopic (exact) mass is 455 g/mol. The van der Waals surface area contributed by atoms with Gasteiger partial charge in [0.15, 0.2) is 11.4 Å². The highest BCUT2D eigenvalue weighted by molar-refractivity contribution is 6.36. The summed E-state index contributed by atoms with van der Waals surface area (Å²) in [6, 6.07) is 18.5. The van der Waals surface area contributed by atoms with Crippen molar-refractivity contribution in [2.45, 2.75) is 18.6 Å². The maximum Gasteiger partial charge on any atom is 0.264 e. The van der Waals surface area contributed by atoms with Crippen molar-refractivity contribution in [2.75, 3.05) is 12.0 Å². The van der Waals surface area contributed by atoms with Gasteiger partial charge in [-0.25, -0.2) is 0 Å². The molecule has 0 saturated carbocycles. The summed E-state index contributed by atoms with van der Waals surface area (Å²) in [5.74, 6) is -0.335. The first kappa shape index (κ1) is 21.4. The zero-order valence-corrected chi connectivity index (χ0v) is 18.2. The second kappa shape index (κ2) is 8.35. The first-order valence-electron chi connectivity index (χ1n) is 9.59. The van der Waals surface area contributed by atoms with Gasteiger partial charge >= 0.3 is 0 Å². The highest BCUT2D eigenvalue weighted by Crippen LogP contribution is 2.44. The van der Waals surface area contributed by atoms with E-state index in [1.807, 2.05) is 0 Å². The van der Waals surface area contributed by atoms with Crippen LogP contribution in [0.15, 0.2) is 66.7 Å². The van der Waals surface area contributed by atoms with Gasteiger partial charge in [0.05, 0.1) is 25.8 Å². The number of carbonyl (C=O) groups excluding carboxylic acids is 2. The minimum Gasteiger partial charge on any atom is -0.497 e. The summed E-state index contributed by atoms with van der Waals surface area (Å²) in [5.41, 5.74) is -0.133. The molecule has 0 spiro atoms. The molecule has 1 aliphatic rings. The highest BCUT2D eigenvalue weighted by atomic mass is 35.5. The van der Waals surface area contributed by atoms with Crippen LogP contribution in [0, 0.1) is 0 Å². The van der Waals surface area contributed by atoms with E-state index in [2.05, 4.69) is 0 Å². The van der Waals surface area contributed by atoms with Crippen LogP contribution in [0.2, 0.25) is 10.0 Å². The molecule has 0 aliphatic carbocycles. The third kappa shape index (κ3) is 3.81. The fourth-order valence-corrected chi connectivity index (χ4v) is 4.30. The Labute approximate surface area is 189 Å². The van der Waals surface area contributed by atoms with E-state index in [1.54, 1.807) is 66.7 Å². The number of anilines is 1. The molecule has 4 rings (SSSR count). The van der Waals surface area contributed by atoms with Crippen LogP contribution >= 0.6 is 23.2 Å². The molecular formula is C24H19Cl2NO4. The van der Waals surface area contributed by atoms with Crippen LogP contribution < -0.4 is 9.64 Å². The van der Waals surface area contributed by atoms with Gasteiger partial charge in [-0.3, -0.25) is 9.59 Å². The van der Waals surface area contributed by atoms with Gasteiger partial charge in [0.25, 0.3) is 5.91 Å². The summed E-state index contributed by atoms with van der Waals surface area (Å²) in [5, 5.41) is 12.3. The number of methoxy groups -OCH3 is 1. The summed E-state index contributed by atoms with van der Waals surface area (Å²) < 4.78 is 5.11. The van der Waals surface area contributed by atoms with Crippen molar-refractivity contribution in [3.8, 4) is 5.75 Å². The van der Waals surface area contributed by atoms with Gasteiger partial charge in [0.1, 0.15) is 5.75 Å². The first-order valence-corrected chi connectivity index (χ1v) is 10.3. The number of para-hydroxylation sites is 1. The molecule has 31 heavy (non-hydrogen) atoms. The van der Waals surface area contributed by atoms with Crippen LogP contribution in [0.4, 0.5) is 5.69 Å². The first-order chi connectivity index (χ1) is 14.8. The molecule has 1 aliphatic heterocycles. The van der Waals surface area contributed by atoms with E-state index in [0.717, 1.165) is 0 Å². The Morgan fingerprint density at radius 3 is 2.29 bits per heavy atom. The lowest BCUT2D eigenvalue weighted by Crippen LogP contribution is -2.41. The number of fused-ring (bicyclic) bond motifs is 1. The van der Waals surface area contributed by atoms with E-state index in [-0.39, 0.29) is 18.7 Å². The predicted octanol–water partition coefficient (Wildman–Crippen LogP) is 5.01. The molecule has 7 heteroatoms. The van der Waals surface area contributed by atoms with Crippen LogP contribution in [-0.2, 0) is 16.9 Å². The van der Waals surface area contributed by atoms with Gasteiger partial charge in [0.2, 0.25) is 0 Å². The Morgan fingerprint density at radius 2 is 1.65 bits per heavy atom. The Morgan fingerprint density at radius 1 is 1.00 bits per heavy atom. The van der Waals surface area contributed by atoms with E-state index in [0.29, 0.717) is 38.2 Å². The van der Waals surface area contributed by atoms with Crippen molar-refractivity contribution in [3.63, 3.8) is 0 Å². The van der Waals surface area contributed by atoms with Crippen LogP contribution in [0.5, 0.6) is 5.75 Å². The number of ether oxygens (including phenoxy) is 1. The molecular weight excluding hydrogens is 437 g/mol. The van der Waals surface area contributed by atoms with Crippen molar-refractivity contribution in [1.82, 2.24) is 0 Å². The molecule has 1 heterocycles. The molecule has 1 atom stereocenters. The normalized spacial score (nSPS) is 17.5. The molecule has 0 fully saturated rings. The number of hydrogen-bond acceptors (Lipinski definition) is 4. The molecule has 0 aromatic heterocycles. The lowest BCUT2D eigenvalue weighted by atomic mass is 9.88. The van der Waals surface area contributed by atoms with Gasteiger partial charge in [-0.15, -0.1) is 0 Å². The number of aliphatic hydroxyl groups is 1. The van der Waals surface area contributed by atoms with Gasteiger partial charge < -0.3 is 14.7 Å². The molecule has 1 amide bonds. The lowest BCUT2D eigenvalue weighted by Gasteiger charge is -2.23. The standard InChI is InChI=1S/C24H19Cl2NO4/c1-31-16-11-9-15(10-12-16)22(28)13-24(30)18-5-2-3-8-21(18)27(23(24)29)14-17-19(25)6-4-7-20(17)26/h2-12,30H,13-14H2,1H3. The smallest absolute Gasteiger partial charge is 0.264 e. The number of halogens is 2. The van der Waals surface area contributed by atoms with Gasteiger partial charge in [0, 0.05) is 26.7 Å².